The predicted octanol–water partition coefficient (Wildman–Crippen LogP) is -3.06. The van der Waals surface area contributed by atoms with Gasteiger partial charge >= 0.3 is 0 Å². The molecule has 0 spiro atoms. The van der Waals surface area contributed by atoms with Gasteiger partial charge in [0.1, 0.15) is 24.4 Å². The Morgan fingerprint density at radius 3 is 2.33 bits per heavy atom. The molecule has 1 rings (SSSR count). The van der Waals surface area contributed by atoms with Gasteiger partial charge in [-0.3, -0.25) is 4.79 Å². The fourth-order valence-electron chi connectivity index (χ4n) is 2.35. The molecule has 1 fully saturated rings. The molecule has 10 nitrogen and oxygen atoms in total. The molecule has 1 aliphatic heterocycles. The van der Waals surface area contributed by atoms with E-state index in [9.17, 15) is 25.2 Å². The Kier molecular flexibility index (Phi) is 12.2. The molecule has 27 heavy (non-hydrogen) atoms. The summed E-state index contributed by atoms with van der Waals surface area (Å²) < 4.78 is 15.7. The van der Waals surface area contributed by atoms with Crippen molar-refractivity contribution in [2.75, 3.05) is 46.1 Å². The molecule has 0 aromatic carbocycles. The van der Waals surface area contributed by atoms with Crippen LogP contribution in [0.5, 0.6) is 0 Å². The summed E-state index contributed by atoms with van der Waals surface area (Å²) in [6, 6.07) is 0. The van der Waals surface area contributed by atoms with Gasteiger partial charge in [-0.1, -0.05) is 0 Å². The molecular formula is C17H30N2O8. The summed E-state index contributed by atoms with van der Waals surface area (Å²) in [5.41, 5.74) is 0. The van der Waals surface area contributed by atoms with Gasteiger partial charge in [0.2, 0.25) is 5.91 Å². The van der Waals surface area contributed by atoms with Gasteiger partial charge in [0, 0.05) is 32.5 Å². The van der Waals surface area contributed by atoms with Crippen molar-refractivity contribution in [3.63, 3.8) is 0 Å². The minimum absolute atomic E-state index is 0.0968. The summed E-state index contributed by atoms with van der Waals surface area (Å²) in [6.45, 7) is 2.62. The normalized spacial score (nSPS) is 27.9. The van der Waals surface area contributed by atoms with Crippen molar-refractivity contribution >= 4 is 5.91 Å². The zero-order chi connectivity index (χ0) is 20.1. The lowest BCUT2D eigenvalue weighted by Gasteiger charge is -2.38. The SMILES string of the molecule is C#CCCC(=O)NCCOCCOCCNCC1OC(O)[C@H](O)C(O)[C@H]1O. The molecule has 0 bridgehead atoms. The number of aliphatic hydroxyl groups excluding tert-OH is 4. The summed E-state index contributed by atoms with van der Waals surface area (Å²) >= 11 is 0. The standard InChI is InChI=1S/C17H30N2O8/c1-2-3-4-13(20)19-6-8-26-10-9-25-7-5-18-11-12-14(21)15(22)16(23)17(24)27-12/h1,12,14-18,21-24H,3-11H2,(H,19,20)/t12?,14-,15?,16+,17?/m0/s1. The van der Waals surface area contributed by atoms with E-state index in [-0.39, 0.29) is 12.5 Å². The van der Waals surface area contributed by atoms with Crippen molar-refractivity contribution in [1.29, 1.82) is 0 Å². The molecule has 0 aliphatic carbocycles. The Hall–Kier alpha value is -1.29. The highest BCUT2D eigenvalue weighted by Crippen LogP contribution is 2.19. The molecule has 10 heteroatoms. The maximum absolute atomic E-state index is 11.3. The van der Waals surface area contributed by atoms with E-state index < -0.39 is 30.7 Å². The summed E-state index contributed by atoms with van der Waals surface area (Å²) in [5, 5.41) is 43.8. The lowest BCUT2D eigenvalue weighted by Crippen LogP contribution is -2.59. The highest BCUT2D eigenvalue weighted by atomic mass is 16.6. The van der Waals surface area contributed by atoms with E-state index in [1.807, 2.05) is 0 Å². The van der Waals surface area contributed by atoms with Crippen molar-refractivity contribution in [2.45, 2.75) is 43.5 Å². The Balaban J connectivity index is 1.92. The molecule has 5 atom stereocenters. The number of ether oxygens (including phenoxy) is 3. The topological polar surface area (TPSA) is 150 Å². The van der Waals surface area contributed by atoms with Crippen LogP contribution in [0.15, 0.2) is 0 Å². The third-order valence-electron chi connectivity index (χ3n) is 3.89. The van der Waals surface area contributed by atoms with Gasteiger partial charge in [0.25, 0.3) is 0 Å². The number of aliphatic hydroxyl groups is 4. The van der Waals surface area contributed by atoms with Crippen LogP contribution in [-0.2, 0) is 19.0 Å². The summed E-state index contributed by atoms with van der Waals surface area (Å²) in [4.78, 5) is 11.3. The number of rotatable bonds is 13. The van der Waals surface area contributed by atoms with E-state index in [0.717, 1.165) is 0 Å². The maximum Gasteiger partial charge on any atom is 0.221 e. The first-order chi connectivity index (χ1) is 13.0. The lowest BCUT2D eigenvalue weighted by molar-refractivity contribution is -0.280. The minimum atomic E-state index is -1.54. The summed E-state index contributed by atoms with van der Waals surface area (Å²) in [5.74, 6) is 2.30. The molecule has 3 unspecified atom stereocenters. The lowest BCUT2D eigenvalue weighted by atomic mass is 9.99. The molecule has 1 heterocycles. The first kappa shape index (κ1) is 23.7. The van der Waals surface area contributed by atoms with Gasteiger partial charge in [0.05, 0.1) is 26.4 Å². The molecular weight excluding hydrogens is 360 g/mol. The predicted molar refractivity (Wildman–Crippen MR) is 94.5 cm³/mol. The van der Waals surface area contributed by atoms with Crippen LogP contribution >= 0.6 is 0 Å². The molecule has 0 aromatic heterocycles. The highest BCUT2D eigenvalue weighted by molar-refractivity contribution is 5.76. The third-order valence-corrected chi connectivity index (χ3v) is 3.89. The van der Waals surface area contributed by atoms with Crippen LogP contribution in [0.25, 0.3) is 0 Å². The van der Waals surface area contributed by atoms with Crippen LogP contribution in [0.1, 0.15) is 12.8 Å². The molecule has 0 aromatic rings. The van der Waals surface area contributed by atoms with Crippen molar-refractivity contribution in [2.24, 2.45) is 0 Å². The van der Waals surface area contributed by atoms with Gasteiger partial charge < -0.3 is 45.3 Å². The highest BCUT2D eigenvalue weighted by Gasteiger charge is 2.42. The van der Waals surface area contributed by atoms with Gasteiger partial charge in [-0.15, -0.1) is 12.3 Å². The van der Waals surface area contributed by atoms with Crippen LogP contribution in [-0.4, -0.2) is 103 Å². The molecule has 1 saturated heterocycles. The molecule has 6 N–H and O–H groups in total. The first-order valence-corrected chi connectivity index (χ1v) is 8.91. The van der Waals surface area contributed by atoms with Crippen molar-refractivity contribution in [3.05, 3.63) is 0 Å². The Labute approximate surface area is 158 Å². The summed E-state index contributed by atoms with van der Waals surface area (Å²) in [6.07, 6.45) is -0.856. The van der Waals surface area contributed by atoms with Crippen molar-refractivity contribution < 1.29 is 39.4 Å². The second-order valence-corrected chi connectivity index (χ2v) is 6.02. The smallest absolute Gasteiger partial charge is 0.221 e. The average Bonchev–Trinajstić information content (AvgIpc) is 2.66. The van der Waals surface area contributed by atoms with E-state index in [2.05, 4.69) is 16.6 Å². The second-order valence-electron chi connectivity index (χ2n) is 6.02. The molecule has 1 aliphatic rings. The number of amides is 1. The maximum atomic E-state index is 11.3. The van der Waals surface area contributed by atoms with Gasteiger partial charge in [-0.2, -0.15) is 0 Å². The van der Waals surface area contributed by atoms with E-state index >= 15 is 0 Å². The van der Waals surface area contributed by atoms with E-state index in [4.69, 9.17) is 20.6 Å². The van der Waals surface area contributed by atoms with E-state index in [0.29, 0.717) is 52.4 Å². The Morgan fingerprint density at radius 2 is 1.67 bits per heavy atom. The van der Waals surface area contributed by atoms with Crippen LogP contribution in [0, 0.1) is 12.3 Å². The van der Waals surface area contributed by atoms with Crippen molar-refractivity contribution in [3.8, 4) is 12.3 Å². The zero-order valence-corrected chi connectivity index (χ0v) is 15.2. The number of nitrogens with one attached hydrogen (secondary N) is 2. The second kappa shape index (κ2) is 13.8. The monoisotopic (exact) mass is 390 g/mol. The fraction of sp³-hybridized carbons (Fsp3) is 0.824. The third kappa shape index (κ3) is 9.46. The number of carbonyl (C=O) groups excluding carboxylic acids is 1. The molecule has 0 saturated carbocycles. The molecule has 156 valence electrons. The number of terminal acetylenes is 1. The van der Waals surface area contributed by atoms with Crippen molar-refractivity contribution in [1.82, 2.24) is 10.6 Å². The Morgan fingerprint density at radius 1 is 1.00 bits per heavy atom. The summed E-state index contributed by atoms with van der Waals surface area (Å²) in [7, 11) is 0. The van der Waals surface area contributed by atoms with E-state index in [1.165, 1.54) is 0 Å². The van der Waals surface area contributed by atoms with Gasteiger partial charge in [-0.05, 0) is 0 Å². The molecule has 0 radical (unpaired) electrons. The van der Waals surface area contributed by atoms with Crippen LogP contribution in [0.2, 0.25) is 0 Å². The van der Waals surface area contributed by atoms with E-state index in [1.54, 1.807) is 0 Å². The van der Waals surface area contributed by atoms with Gasteiger partial charge in [-0.25, -0.2) is 0 Å². The molecule has 1 amide bonds. The Bertz CT molecular complexity index is 459. The minimum Gasteiger partial charge on any atom is -0.388 e. The van der Waals surface area contributed by atoms with Crippen LogP contribution in [0.3, 0.4) is 0 Å². The quantitative estimate of drug-likeness (QED) is 0.142. The average molecular weight is 390 g/mol. The first-order valence-electron chi connectivity index (χ1n) is 8.91. The fourth-order valence-corrected chi connectivity index (χ4v) is 2.35. The zero-order valence-electron chi connectivity index (χ0n) is 15.2. The largest absolute Gasteiger partial charge is 0.388 e. The van der Waals surface area contributed by atoms with Crippen LogP contribution in [0.4, 0.5) is 0 Å². The number of carbonyl (C=O) groups is 1. The van der Waals surface area contributed by atoms with Crippen LogP contribution < -0.4 is 10.6 Å². The van der Waals surface area contributed by atoms with Gasteiger partial charge in [0.15, 0.2) is 6.29 Å². The number of hydrogen-bond donors (Lipinski definition) is 6. The number of hydrogen-bond acceptors (Lipinski definition) is 9.